The maximum absolute atomic E-state index is 13.1. The Balaban J connectivity index is 1.94. The van der Waals surface area contributed by atoms with E-state index in [2.05, 4.69) is 6.07 Å². The SMILES string of the molecule is COc1ccc(N(C)S(C)(=O)=O)cc1C(=O)N1CCc2ccccc2C1. The summed E-state index contributed by atoms with van der Waals surface area (Å²) in [6.07, 6.45) is 1.92. The molecule has 0 aliphatic carbocycles. The van der Waals surface area contributed by atoms with E-state index in [-0.39, 0.29) is 5.91 Å². The van der Waals surface area contributed by atoms with Crippen molar-refractivity contribution in [1.29, 1.82) is 0 Å². The van der Waals surface area contributed by atoms with E-state index in [4.69, 9.17) is 4.74 Å². The summed E-state index contributed by atoms with van der Waals surface area (Å²) in [5.74, 6) is 0.264. The summed E-state index contributed by atoms with van der Waals surface area (Å²) in [7, 11) is -0.457. The highest BCUT2D eigenvalue weighted by molar-refractivity contribution is 7.92. The molecule has 6 nitrogen and oxygen atoms in total. The molecule has 1 aliphatic rings. The third-order valence-corrected chi connectivity index (χ3v) is 5.90. The van der Waals surface area contributed by atoms with Crippen LogP contribution in [0.3, 0.4) is 0 Å². The number of hydrogen-bond donors (Lipinski definition) is 0. The van der Waals surface area contributed by atoms with E-state index in [9.17, 15) is 13.2 Å². The minimum Gasteiger partial charge on any atom is -0.496 e. The second-order valence-corrected chi connectivity index (χ2v) is 8.37. The first-order valence-electron chi connectivity index (χ1n) is 8.29. The zero-order chi connectivity index (χ0) is 18.9. The van der Waals surface area contributed by atoms with Gasteiger partial charge in [-0.25, -0.2) is 8.42 Å². The lowest BCUT2D eigenvalue weighted by Gasteiger charge is -2.29. The van der Waals surface area contributed by atoms with Gasteiger partial charge in [-0.2, -0.15) is 0 Å². The Bertz CT molecular complexity index is 940. The molecule has 0 saturated heterocycles. The van der Waals surface area contributed by atoms with Crippen LogP contribution in [0.4, 0.5) is 5.69 Å². The molecule has 0 N–H and O–H groups in total. The largest absolute Gasteiger partial charge is 0.496 e. The highest BCUT2D eigenvalue weighted by Gasteiger charge is 2.25. The number of fused-ring (bicyclic) bond motifs is 1. The molecule has 1 aliphatic heterocycles. The predicted octanol–water partition coefficient (Wildman–Crippen LogP) is 2.29. The lowest BCUT2D eigenvalue weighted by molar-refractivity contribution is 0.0731. The summed E-state index contributed by atoms with van der Waals surface area (Å²) in [4.78, 5) is 14.9. The third-order valence-electron chi connectivity index (χ3n) is 4.69. The first-order chi connectivity index (χ1) is 12.3. The number of benzene rings is 2. The van der Waals surface area contributed by atoms with E-state index in [1.807, 2.05) is 18.2 Å². The Morgan fingerprint density at radius 2 is 1.85 bits per heavy atom. The second kappa shape index (κ2) is 6.99. The fraction of sp³-hybridized carbons (Fsp3) is 0.316. The molecule has 0 saturated carbocycles. The van der Waals surface area contributed by atoms with Gasteiger partial charge >= 0.3 is 0 Å². The van der Waals surface area contributed by atoms with Crippen LogP contribution in [0.1, 0.15) is 21.5 Å². The van der Waals surface area contributed by atoms with Crippen molar-refractivity contribution in [1.82, 2.24) is 4.90 Å². The number of rotatable bonds is 4. The van der Waals surface area contributed by atoms with Gasteiger partial charge in [0.2, 0.25) is 10.0 Å². The van der Waals surface area contributed by atoms with Crippen molar-refractivity contribution in [3.63, 3.8) is 0 Å². The molecule has 26 heavy (non-hydrogen) atoms. The lowest BCUT2D eigenvalue weighted by atomic mass is 9.99. The summed E-state index contributed by atoms with van der Waals surface area (Å²) < 4.78 is 30.1. The third kappa shape index (κ3) is 3.53. The van der Waals surface area contributed by atoms with Gasteiger partial charge in [-0.1, -0.05) is 24.3 Å². The van der Waals surface area contributed by atoms with Crippen molar-refractivity contribution in [2.75, 3.05) is 31.3 Å². The summed E-state index contributed by atoms with van der Waals surface area (Å²) >= 11 is 0. The topological polar surface area (TPSA) is 66.9 Å². The molecule has 2 aromatic rings. The zero-order valence-electron chi connectivity index (χ0n) is 15.1. The molecule has 0 atom stereocenters. The number of amides is 1. The fourth-order valence-corrected chi connectivity index (χ4v) is 3.59. The maximum Gasteiger partial charge on any atom is 0.258 e. The first-order valence-corrected chi connectivity index (χ1v) is 10.1. The molecular formula is C19H22N2O4S. The number of nitrogens with zero attached hydrogens (tertiary/aromatic N) is 2. The average Bonchev–Trinajstić information content (AvgIpc) is 2.65. The van der Waals surface area contributed by atoms with E-state index in [1.54, 1.807) is 23.1 Å². The van der Waals surface area contributed by atoms with Crippen LogP contribution in [0.25, 0.3) is 0 Å². The number of anilines is 1. The van der Waals surface area contributed by atoms with Gasteiger partial charge in [-0.3, -0.25) is 9.10 Å². The van der Waals surface area contributed by atoms with E-state index in [1.165, 1.54) is 19.7 Å². The fourth-order valence-electron chi connectivity index (χ4n) is 3.09. The Hall–Kier alpha value is -2.54. The van der Waals surface area contributed by atoms with Crippen LogP contribution >= 0.6 is 0 Å². The van der Waals surface area contributed by atoms with Crippen LogP contribution < -0.4 is 9.04 Å². The second-order valence-electron chi connectivity index (χ2n) is 6.36. The summed E-state index contributed by atoms with van der Waals surface area (Å²) in [6.45, 7) is 1.15. The normalized spacial score (nSPS) is 13.9. The van der Waals surface area contributed by atoms with Crippen molar-refractivity contribution < 1.29 is 17.9 Å². The Labute approximate surface area is 154 Å². The highest BCUT2D eigenvalue weighted by atomic mass is 32.2. The number of carbonyl (C=O) groups is 1. The van der Waals surface area contributed by atoms with Crippen molar-refractivity contribution >= 4 is 21.6 Å². The minimum atomic E-state index is -3.42. The Kier molecular flexibility index (Phi) is 4.91. The van der Waals surface area contributed by atoms with Crippen molar-refractivity contribution in [3.8, 4) is 5.75 Å². The van der Waals surface area contributed by atoms with Crippen LogP contribution in [0.2, 0.25) is 0 Å². The van der Waals surface area contributed by atoms with Gasteiger partial charge in [0.25, 0.3) is 5.91 Å². The molecule has 0 aromatic heterocycles. The van der Waals surface area contributed by atoms with Gasteiger partial charge in [-0.15, -0.1) is 0 Å². The van der Waals surface area contributed by atoms with Crippen molar-refractivity contribution in [2.24, 2.45) is 0 Å². The molecule has 0 spiro atoms. The molecule has 138 valence electrons. The van der Waals surface area contributed by atoms with Crippen LogP contribution in [0.5, 0.6) is 5.75 Å². The molecule has 7 heteroatoms. The van der Waals surface area contributed by atoms with Crippen molar-refractivity contribution in [2.45, 2.75) is 13.0 Å². The van der Waals surface area contributed by atoms with Gasteiger partial charge < -0.3 is 9.64 Å². The summed E-state index contributed by atoms with van der Waals surface area (Å²) in [5.41, 5.74) is 3.18. The monoisotopic (exact) mass is 374 g/mol. The molecule has 0 unspecified atom stereocenters. The number of hydrogen-bond acceptors (Lipinski definition) is 4. The Morgan fingerprint density at radius 1 is 1.15 bits per heavy atom. The quantitative estimate of drug-likeness (QED) is 0.824. The van der Waals surface area contributed by atoms with Gasteiger partial charge in [0.1, 0.15) is 5.75 Å². The molecule has 1 amide bonds. The average molecular weight is 374 g/mol. The molecule has 0 bridgehead atoms. The van der Waals surface area contributed by atoms with Crippen LogP contribution in [-0.4, -0.2) is 46.2 Å². The molecule has 0 fully saturated rings. The van der Waals surface area contributed by atoms with Crippen LogP contribution in [-0.2, 0) is 23.0 Å². The first kappa shape index (κ1) is 18.3. The number of sulfonamides is 1. The van der Waals surface area contributed by atoms with Gasteiger partial charge in [0.05, 0.1) is 24.6 Å². The number of methoxy groups -OCH3 is 1. The number of carbonyl (C=O) groups excluding carboxylic acids is 1. The van der Waals surface area contributed by atoms with Gasteiger partial charge in [0.15, 0.2) is 0 Å². The number of ether oxygens (including phenoxy) is 1. The summed E-state index contributed by atoms with van der Waals surface area (Å²) in [6, 6.07) is 12.9. The van der Waals surface area contributed by atoms with Crippen molar-refractivity contribution in [3.05, 3.63) is 59.2 Å². The Morgan fingerprint density at radius 3 is 2.50 bits per heavy atom. The molecule has 0 radical (unpaired) electrons. The van der Waals surface area contributed by atoms with Gasteiger partial charge in [-0.05, 0) is 35.7 Å². The zero-order valence-corrected chi connectivity index (χ0v) is 15.9. The molecule has 3 rings (SSSR count). The summed E-state index contributed by atoms with van der Waals surface area (Å²) in [5, 5.41) is 0. The standard InChI is InChI=1S/C19H22N2O4S/c1-20(26(3,23)24)16-8-9-18(25-2)17(12-16)19(22)21-11-10-14-6-4-5-7-15(14)13-21/h4-9,12H,10-11,13H2,1-3H3. The van der Waals surface area contributed by atoms with Gasteiger partial charge in [0, 0.05) is 20.1 Å². The molecule has 1 heterocycles. The highest BCUT2D eigenvalue weighted by Crippen LogP contribution is 2.28. The van der Waals surface area contributed by atoms with E-state index in [0.717, 1.165) is 22.5 Å². The van der Waals surface area contributed by atoms with E-state index >= 15 is 0 Å². The van der Waals surface area contributed by atoms with E-state index in [0.29, 0.717) is 30.1 Å². The predicted molar refractivity (Wildman–Crippen MR) is 101 cm³/mol. The maximum atomic E-state index is 13.1. The minimum absolute atomic E-state index is 0.167. The van der Waals surface area contributed by atoms with Crippen LogP contribution in [0.15, 0.2) is 42.5 Å². The molecule has 2 aromatic carbocycles. The smallest absolute Gasteiger partial charge is 0.258 e. The van der Waals surface area contributed by atoms with E-state index < -0.39 is 10.0 Å². The van der Waals surface area contributed by atoms with Crippen LogP contribution in [0, 0.1) is 0 Å². The molecular weight excluding hydrogens is 352 g/mol. The lowest BCUT2D eigenvalue weighted by Crippen LogP contribution is -2.36.